The zero-order chi connectivity index (χ0) is 17.7. The molecular formula is C23H15NOS. The van der Waals surface area contributed by atoms with Gasteiger partial charge in [0.05, 0.1) is 5.52 Å². The van der Waals surface area contributed by atoms with E-state index in [1.165, 1.54) is 22.1 Å². The lowest BCUT2D eigenvalue weighted by molar-refractivity contribution is 0.101. The number of aromatic nitrogens is 1. The Bertz CT molecular complexity index is 1250. The molecular weight excluding hydrogens is 338 g/mol. The van der Waals surface area contributed by atoms with Crippen LogP contribution in [-0.2, 0) is 0 Å². The molecule has 0 bridgehead atoms. The van der Waals surface area contributed by atoms with E-state index in [0.29, 0.717) is 0 Å². The molecule has 2 aliphatic heterocycles. The molecule has 5 rings (SSSR count). The molecule has 2 nitrogen and oxygen atoms in total. The molecule has 0 unspecified atom stereocenters. The van der Waals surface area contributed by atoms with Crippen LogP contribution in [0.2, 0.25) is 0 Å². The van der Waals surface area contributed by atoms with Crippen LogP contribution in [-0.4, -0.2) is 10.8 Å². The van der Waals surface area contributed by atoms with Crippen molar-refractivity contribution in [1.29, 1.82) is 0 Å². The van der Waals surface area contributed by atoms with Gasteiger partial charge in [-0.25, -0.2) is 4.98 Å². The molecule has 2 heterocycles. The number of nitrogens with zero attached hydrogens (tertiary/aromatic N) is 1. The van der Waals surface area contributed by atoms with Gasteiger partial charge in [-0.1, -0.05) is 60.7 Å². The number of carbonyl (C=O) groups excluding carboxylic acids is 1. The van der Waals surface area contributed by atoms with Crippen molar-refractivity contribution in [3.8, 4) is 21.7 Å². The Morgan fingerprint density at radius 2 is 1.62 bits per heavy atom. The highest BCUT2D eigenvalue weighted by molar-refractivity contribution is 7.21. The molecule has 0 N–H and O–H groups in total. The minimum Gasteiger partial charge on any atom is -0.295 e. The first-order valence-electron chi connectivity index (χ1n) is 8.54. The van der Waals surface area contributed by atoms with Crippen molar-refractivity contribution in [1.82, 2.24) is 4.98 Å². The fourth-order valence-corrected chi connectivity index (χ4v) is 4.69. The second-order valence-electron chi connectivity index (χ2n) is 6.42. The number of benzene rings is 3. The van der Waals surface area contributed by atoms with E-state index in [9.17, 15) is 4.79 Å². The van der Waals surface area contributed by atoms with Gasteiger partial charge in [0.1, 0.15) is 5.01 Å². The van der Waals surface area contributed by atoms with Gasteiger partial charge in [-0.15, -0.1) is 11.3 Å². The minimum absolute atomic E-state index is 0.0843. The van der Waals surface area contributed by atoms with Crippen LogP contribution in [0.15, 0.2) is 72.8 Å². The summed E-state index contributed by atoms with van der Waals surface area (Å²) in [5.74, 6) is 0.0843. The van der Waals surface area contributed by atoms with Crippen LogP contribution in [0.5, 0.6) is 0 Å². The second kappa shape index (κ2) is 5.75. The maximum Gasteiger partial charge on any atom is 0.159 e. The topological polar surface area (TPSA) is 30.0 Å². The van der Waals surface area contributed by atoms with E-state index >= 15 is 0 Å². The molecule has 0 fully saturated rings. The van der Waals surface area contributed by atoms with Crippen LogP contribution in [0.3, 0.4) is 0 Å². The summed E-state index contributed by atoms with van der Waals surface area (Å²) >= 11 is 1.65. The molecule has 0 aromatic heterocycles. The van der Waals surface area contributed by atoms with Crippen LogP contribution >= 0.6 is 11.3 Å². The SMILES string of the molecule is CC(=O)c1ccc2c(-c3ccccc3)c3c4ccccc4nc-3sc2c1. The van der Waals surface area contributed by atoms with E-state index in [1.54, 1.807) is 18.3 Å². The zero-order valence-corrected chi connectivity index (χ0v) is 15.0. The number of hydrogen-bond acceptors (Lipinski definition) is 3. The number of fused-ring (bicyclic) bond motifs is 4. The standard InChI is InChI=1S/C23H15NOS/c1-14(25)16-11-12-18-20(13-16)26-23-22(17-9-5-6-10-19(17)24-23)21(18)15-7-3-2-4-8-15/h2-13H,1H3. The molecule has 0 radical (unpaired) electrons. The summed E-state index contributed by atoms with van der Waals surface area (Å²) in [6, 6.07) is 24.7. The predicted octanol–water partition coefficient (Wildman–Crippen LogP) is 6.42. The molecule has 26 heavy (non-hydrogen) atoms. The van der Waals surface area contributed by atoms with Gasteiger partial charge in [-0.05, 0) is 24.6 Å². The Kier molecular flexibility index (Phi) is 3.37. The molecule has 0 saturated heterocycles. The first kappa shape index (κ1) is 15.2. The molecule has 0 aliphatic carbocycles. The third-order valence-electron chi connectivity index (χ3n) is 4.79. The fraction of sp³-hybridized carbons (Fsp3) is 0.0435. The van der Waals surface area contributed by atoms with Gasteiger partial charge < -0.3 is 0 Å². The van der Waals surface area contributed by atoms with Crippen molar-refractivity contribution in [2.75, 3.05) is 0 Å². The zero-order valence-electron chi connectivity index (χ0n) is 14.2. The Morgan fingerprint density at radius 3 is 2.42 bits per heavy atom. The summed E-state index contributed by atoms with van der Waals surface area (Å²) < 4.78 is 1.09. The number of carbonyl (C=O) groups is 1. The fourth-order valence-electron chi connectivity index (χ4n) is 3.55. The Morgan fingerprint density at radius 1 is 0.846 bits per heavy atom. The monoisotopic (exact) mass is 353 g/mol. The third kappa shape index (κ3) is 2.25. The lowest BCUT2D eigenvalue weighted by Gasteiger charge is -2.13. The molecule has 0 spiro atoms. The number of rotatable bonds is 2. The number of hydrogen-bond donors (Lipinski definition) is 0. The Labute approximate surface area is 155 Å². The molecule has 0 saturated carbocycles. The molecule has 124 valence electrons. The normalized spacial score (nSPS) is 11.4. The van der Waals surface area contributed by atoms with Gasteiger partial charge in [0, 0.05) is 32.2 Å². The summed E-state index contributed by atoms with van der Waals surface area (Å²) in [5.41, 5.74) is 5.31. The van der Waals surface area contributed by atoms with E-state index in [-0.39, 0.29) is 5.78 Å². The smallest absolute Gasteiger partial charge is 0.159 e. The molecule has 0 atom stereocenters. The van der Waals surface area contributed by atoms with Gasteiger partial charge in [0.15, 0.2) is 5.78 Å². The van der Waals surface area contributed by atoms with Gasteiger partial charge in [0.2, 0.25) is 0 Å². The van der Waals surface area contributed by atoms with Crippen molar-refractivity contribution in [2.45, 2.75) is 6.92 Å². The van der Waals surface area contributed by atoms with Gasteiger partial charge in [-0.3, -0.25) is 4.79 Å². The van der Waals surface area contributed by atoms with Crippen LogP contribution in [0, 0.1) is 0 Å². The van der Waals surface area contributed by atoms with Crippen LogP contribution < -0.4 is 0 Å². The molecule has 2 aliphatic rings. The van der Waals surface area contributed by atoms with Gasteiger partial charge in [0.25, 0.3) is 0 Å². The van der Waals surface area contributed by atoms with Crippen LogP contribution in [0.4, 0.5) is 0 Å². The van der Waals surface area contributed by atoms with E-state index < -0.39 is 0 Å². The van der Waals surface area contributed by atoms with Crippen molar-refractivity contribution in [2.24, 2.45) is 0 Å². The maximum absolute atomic E-state index is 11.8. The van der Waals surface area contributed by atoms with Gasteiger partial charge in [-0.2, -0.15) is 0 Å². The predicted molar refractivity (Wildman–Crippen MR) is 109 cm³/mol. The molecule has 0 amide bonds. The lowest BCUT2D eigenvalue weighted by atomic mass is 9.95. The quantitative estimate of drug-likeness (QED) is 0.343. The van der Waals surface area contributed by atoms with Crippen molar-refractivity contribution in [3.05, 3.63) is 78.4 Å². The number of Topliss-reactive ketones (excluding diaryl/α,β-unsaturated/α-hetero) is 1. The second-order valence-corrected chi connectivity index (χ2v) is 7.45. The van der Waals surface area contributed by atoms with E-state index in [4.69, 9.17) is 4.98 Å². The number of para-hydroxylation sites is 1. The van der Waals surface area contributed by atoms with E-state index in [1.807, 2.05) is 24.3 Å². The summed E-state index contributed by atoms with van der Waals surface area (Å²) in [6.07, 6.45) is 0. The number of ketones is 1. The summed E-state index contributed by atoms with van der Waals surface area (Å²) in [4.78, 5) is 16.7. The summed E-state index contributed by atoms with van der Waals surface area (Å²) in [6.45, 7) is 1.61. The molecule has 3 aromatic carbocycles. The summed E-state index contributed by atoms with van der Waals surface area (Å²) in [7, 11) is 0. The highest BCUT2D eigenvalue weighted by Crippen LogP contribution is 2.46. The van der Waals surface area contributed by atoms with Crippen molar-refractivity contribution in [3.63, 3.8) is 0 Å². The van der Waals surface area contributed by atoms with Crippen LogP contribution in [0.1, 0.15) is 17.3 Å². The summed E-state index contributed by atoms with van der Waals surface area (Å²) in [5, 5.41) is 3.35. The average Bonchev–Trinajstić information content (AvgIpc) is 3.04. The average molecular weight is 353 g/mol. The van der Waals surface area contributed by atoms with Gasteiger partial charge >= 0.3 is 0 Å². The first-order valence-corrected chi connectivity index (χ1v) is 9.35. The van der Waals surface area contributed by atoms with E-state index in [0.717, 1.165) is 26.2 Å². The van der Waals surface area contributed by atoms with Crippen molar-refractivity contribution < 1.29 is 4.79 Å². The Balaban J connectivity index is 2.00. The first-order chi connectivity index (χ1) is 12.7. The highest BCUT2D eigenvalue weighted by atomic mass is 32.1. The van der Waals surface area contributed by atoms with Crippen LogP contribution in [0.25, 0.3) is 42.7 Å². The minimum atomic E-state index is 0.0843. The van der Waals surface area contributed by atoms with E-state index in [2.05, 4.69) is 48.5 Å². The molecule has 3 heteroatoms. The third-order valence-corrected chi connectivity index (χ3v) is 5.83. The Hall–Kier alpha value is -3.04. The van der Waals surface area contributed by atoms with Crippen molar-refractivity contribution >= 4 is 38.1 Å². The molecule has 3 aromatic rings. The highest BCUT2D eigenvalue weighted by Gasteiger charge is 2.21. The lowest BCUT2D eigenvalue weighted by Crippen LogP contribution is -1.92. The largest absolute Gasteiger partial charge is 0.295 e. The maximum atomic E-state index is 11.8.